The summed E-state index contributed by atoms with van der Waals surface area (Å²) >= 11 is 0. The van der Waals surface area contributed by atoms with E-state index in [1.165, 1.54) is 44.9 Å². The number of unbranched alkanes of at least 4 members (excludes halogenated alkanes) is 15. The highest BCUT2D eigenvalue weighted by Crippen LogP contribution is 2.49. The monoisotopic (exact) mass is 522 g/mol. The van der Waals surface area contributed by atoms with Crippen molar-refractivity contribution in [2.24, 2.45) is 0 Å². The van der Waals surface area contributed by atoms with E-state index < -0.39 is 17.5 Å². The molecule has 0 spiro atoms. The molecule has 1 aromatic carbocycles. The minimum absolute atomic E-state index is 0.0844. The zero-order valence-corrected chi connectivity index (χ0v) is 23.9. The number of carboxylic acid groups (broad SMARTS) is 1. The minimum Gasteiger partial charge on any atom is -0.504 e. The van der Waals surface area contributed by atoms with Gasteiger partial charge in [-0.05, 0) is 25.7 Å². The van der Waals surface area contributed by atoms with E-state index in [0.29, 0.717) is 30.9 Å². The van der Waals surface area contributed by atoms with Crippen molar-refractivity contribution in [3.8, 4) is 23.0 Å². The van der Waals surface area contributed by atoms with Crippen LogP contribution in [0, 0.1) is 0 Å². The number of hydrogen-bond donors (Lipinski definition) is 3. The Morgan fingerprint density at radius 1 is 0.568 bits per heavy atom. The molecule has 1 aromatic rings. The summed E-state index contributed by atoms with van der Waals surface area (Å²) in [5.74, 6) is -2.05. The second-order valence-corrected chi connectivity index (χ2v) is 10.3. The van der Waals surface area contributed by atoms with Gasteiger partial charge in [0, 0.05) is 5.56 Å². The maximum absolute atomic E-state index is 12.1. The first kappa shape index (κ1) is 32.9. The molecule has 0 aromatic heterocycles. The number of phenolic OH excluding ortho intramolecular Hbond substituents is 1. The third-order valence-electron chi connectivity index (χ3n) is 6.94. The molecular formula is C31H54O6. The molecule has 1 rings (SSSR count). The topological polar surface area (TPSA) is 96.2 Å². The van der Waals surface area contributed by atoms with Crippen molar-refractivity contribution in [2.75, 3.05) is 13.2 Å². The van der Waals surface area contributed by atoms with Gasteiger partial charge in [0.2, 0.25) is 11.5 Å². The van der Waals surface area contributed by atoms with E-state index >= 15 is 0 Å². The Morgan fingerprint density at radius 2 is 0.973 bits per heavy atom. The van der Waals surface area contributed by atoms with Crippen molar-refractivity contribution in [2.45, 2.75) is 143 Å². The average molecular weight is 523 g/mol. The van der Waals surface area contributed by atoms with E-state index in [2.05, 4.69) is 20.8 Å². The number of benzene rings is 1. The number of aromatic carboxylic acids is 1. The zero-order valence-electron chi connectivity index (χ0n) is 23.9. The summed E-state index contributed by atoms with van der Waals surface area (Å²) in [5, 5.41) is 31.3. The van der Waals surface area contributed by atoms with Crippen LogP contribution in [0.4, 0.5) is 0 Å². The maximum Gasteiger partial charge on any atom is 0.340 e. The molecule has 0 atom stereocenters. The number of phenols is 2. The lowest BCUT2D eigenvalue weighted by Crippen LogP contribution is -2.11. The molecule has 0 saturated carbocycles. The summed E-state index contributed by atoms with van der Waals surface area (Å²) in [7, 11) is 0. The molecule has 0 aliphatic rings. The second-order valence-electron chi connectivity index (χ2n) is 10.3. The highest BCUT2D eigenvalue weighted by molar-refractivity contribution is 5.96. The smallest absolute Gasteiger partial charge is 0.340 e. The Labute approximate surface area is 225 Å². The third-order valence-corrected chi connectivity index (χ3v) is 6.94. The number of hydrogen-bond acceptors (Lipinski definition) is 5. The fourth-order valence-corrected chi connectivity index (χ4v) is 4.68. The molecule has 0 radical (unpaired) electrons. The van der Waals surface area contributed by atoms with Crippen LogP contribution in [0.1, 0.15) is 152 Å². The number of carboxylic acids is 1. The fraction of sp³-hybridized carbons (Fsp3) is 0.774. The quantitative estimate of drug-likeness (QED) is 0.0925. The third kappa shape index (κ3) is 12.8. The van der Waals surface area contributed by atoms with Crippen molar-refractivity contribution in [1.29, 1.82) is 0 Å². The molecule has 0 bridgehead atoms. The van der Waals surface area contributed by atoms with Gasteiger partial charge in [0.1, 0.15) is 5.56 Å². The Kier molecular flexibility index (Phi) is 18.6. The first-order valence-corrected chi connectivity index (χ1v) is 15.1. The summed E-state index contributed by atoms with van der Waals surface area (Å²) in [6, 6.07) is 0. The van der Waals surface area contributed by atoms with Crippen LogP contribution < -0.4 is 9.47 Å². The van der Waals surface area contributed by atoms with Crippen molar-refractivity contribution < 1.29 is 29.6 Å². The lowest BCUT2D eigenvalue weighted by molar-refractivity contribution is 0.0690. The van der Waals surface area contributed by atoms with Crippen molar-refractivity contribution in [3.63, 3.8) is 0 Å². The molecule has 0 saturated heterocycles. The highest BCUT2D eigenvalue weighted by Gasteiger charge is 2.29. The molecule has 0 fully saturated rings. The van der Waals surface area contributed by atoms with Gasteiger partial charge in [-0.3, -0.25) is 0 Å². The molecule has 0 amide bonds. The highest BCUT2D eigenvalue weighted by atomic mass is 16.5. The van der Waals surface area contributed by atoms with Gasteiger partial charge in [0.05, 0.1) is 13.2 Å². The van der Waals surface area contributed by atoms with Gasteiger partial charge in [-0.1, -0.05) is 117 Å². The lowest BCUT2D eigenvalue weighted by atomic mass is 9.97. The van der Waals surface area contributed by atoms with Gasteiger partial charge >= 0.3 is 5.97 Å². The molecular weight excluding hydrogens is 468 g/mol. The maximum atomic E-state index is 12.1. The normalized spacial score (nSPS) is 11.1. The summed E-state index contributed by atoms with van der Waals surface area (Å²) < 4.78 is 12.1. The molecule has 0 heterocycles. The summed E-state index contributed by atoms with van der Waals surface area (Å²) in [5.41, 5.74) is 0.167. The van der Waals surface area contributed by atoms with Gasteiger partial charge in [-0.15, -0.1) is 0 Å². The predicted octanol–water partition coefficient (Wildman–Crippen LogP) is 9.18. The van der Waals surface area contributed by atoms with Crippen LogP contribution in [0.25, 0.3) is 0 Å². The Balaban J connectivity index is 3.03. The molecule has 3 N–H and O–H groups in total. The second kappa shape index (κ2) is 20.9. The summed E-state index contributed by atoms with van der Waals surface area (Å²) in [6.45, 7) is 7.35. The predicted molar refractivity (Wildman–Crippen MR) is 152 cm³/mol. The van der Waals surface area contributed by atoms with E-state index in [1.807, 2.05) is 0 Å². The van der Waals surface area contributed by atoms with Crippen molar-refractivity contribution in [1.82, 2.24) is 0 Å². The van der Waals surface area contributed by atoms with E-state index in [4.69, 9.17) is 9.47 Å². The first-order chi connectivity index (χ1) is 18.0. The number of aromatic hydroxyl groups is 2. The van der Waals surface area contributed by atoms with E-state index in [-0.39, 0.29) is 11.3 Å². The standard InChI is InChI=1S/C31H54O6/c1-4-7-10-13-14-15-16-19-22-25-26(31(34)35)27(32)28(33)30(37-24-21-18-12-9-6-3)29(25)36-23-20-17-11-8-5-2/h32-33H,4-24H2,1-3H3,(H,34,35). The first-order valence-electron chi connectivity index (χ1n) is 15.1. The Hall–Kier alpha value is -2.11. The number of rotatable bonds is 24. The zero-order chi connectivity index (χ0) is 27.3. The van der Waals surface area contributed by atoms with E-state index in [1.54, 1.807) is 0 Å². The molecule has 0 aliphatic heterocycles. The van der Waals surface area contributed by atoms with Crippen LogP contribution in [0.5, 0.6) is 23.0 Å². The number of ether oxygens (including phenoxy) is 2. The average Bonchev–Trinajstić information content (AvgIpc) is 2.88. The van der Waals surface area contributed by atoms with Crippen LogP contribution in [-0.4, -0.2) is 34.5 Å². The molecule has 0 aliphatic carbocycles. The van der Waals surface area contributed by atoms with E-state index in [0.717, 1.165) is 70.6 Å². The van der Waals surface area contributed by atoms with Gasteiger partial charge in [-0.25, -0.2) is 4.79 Å². The van der Waals surface area contributed by atoms with Gasteiger partial charge in [0.15, 0.2) is 11.5 Å². The van der Waals surface area contributed by atoms with Gasteiger partial charge < -0.3 is 24.8 Å². The SMILES string of the molecule is CCCCCCCCCCc1c(OCCCCCCC)c(OCCCCCCC)c(O)c(O)c1C(=O)O. The molecule has 214 valence electrons. The van der Waals surface area contributed by atoms with Gasteiger partial charge in [0.25, 0.3) is 0 Å². The molecule has 37 heavy (non-hydrogen) atoms. The summed E-state index contributed by atoms with van der Waals surface area (Å²) in [6.07, 6.45) is 20.2. The fourth-order valence-electron chi connectivity index (χ4n) is 4.68. The van der Waals surface area contributed by atoms with Crippen LogP contribution in [-0.2, 0) is 6.42 Å². The molecule has 0 unspecified atom stereocenters. The molecule has 6 heteroatoms. The van der Waals surface area contributed by atoms with Crippen LogP contribution in [0.3, 0.4) is 0 Å². The summed E-state index contributed by atoms with van der Waals surface area (Å²) in [4.78, 5) is 12.1. The molecule has 6 nitrogen and oxygen atoms in total. The van der Waals surface area contributed by atoms with Crippen LogP contribution in [0.2, 0.25) is 0 Å². The number of carbonyl (C=O) groups is 1. The van der Waals surface area contributed by atoms with Gasteiger partial charge in [-0.2, -0.15) is 0 Å². The van der Waals surface area contributed by atoms with Crippen molar-refractivity contribution >= 4 is 5.97 Å². The van der Waals surface area contributed by atoms with Crippen LogP contribution in [0.15, 0.2) is 0 Å². The van der Waals surface area contributed by atoms with Crippen LogP contribution >= 0.6 is 0 Å². The lowest BCUT2D eigenvalue weighted by Gasteiger charge is -2.21. The Bertz CT molecular complexity index is 746. The van der Waals surface area contributed by atoms with Crippen molar-refractivity contribution in [3.05, 3.63) is 11.1 Å². The van der Waals surface area contributed by atoms with E-state index in [9.17, 15) is 20.1 Å². The minimum atomic E-state index is -1.26. The Morgan fingerprint density at radius 3 is 1.43 bits per heavy atom. The largest absolute Gasteiger partial charge is 0.504 e.